The topological polar surface area (TPSA) is 27.7 Å². The van der Waals surface area contributed by atoms with Gasteiger partial charge in [0.1, 0.15) is 0 Å². The first-order chi connectivity index (χ1) is 6.98. The van der Waals surface area contributed by atoms with Crippen molar-refractivity contribution in [3.05, 3.63) is 0 Å². The quantitative estimate of drug-likeness (QED) is 0.464. The molecule has 0 aliphatic carbocycles. The van der Waals surface area contributed by atoms with Crippen molar-refractivity contribution in [3.8, 4) is 0 Å². The van der Waals surface area contributed by atoms with Crippen molar-refractivity contribution in [1.29, 1.82) is 0 Å². The fourth-order valence-electron chi connectivity index (χ4n) is 1.54. The standard InChI is InChI=1S/C10H26O3Si2/c1-11-8-9-12-7-6-10-15(4,5)13-14(2)3/h14H,6-10H2,1-5H3. The second-order valence-electron chi connectivity index (χ2n) is 4.64. The van der Waals surface area contributed by atoms with E-state index in [4.69, 9.17) is 13.6 Å². The number of rotatable bonds is 9. The van der Waals surface area contributed by atoms with Crippen LogP contribution in [-0.4, -0.2) is 44.3 Å². The van der Waals surface area contributed by atoms with Crippen molar-refractivity contribution in [2.45, 2.75) is 38.7 Å². The first-order valence-corrected chi connectivity index (χ1v) is 11.6. The third-order valence-corrected chi connectivity index (χ3v) is 8.05. The lowest BCUT2D eigenvalue weighted by atomic mass is 10.5. The molecule has 0 rings (SSSR count). The molecule has 0 bridgehead atoms. The average molecular weight is 250 g/mol. The summed E-state index contributed by atoms with van der Waals surface area (Å²) in [6.07, 6.45) is 1.12. The summed E-state index contributed by atoms with van der Waals surface area (Å²) in [7, 11) is -0.554. The third kappa shape index (κ3) is 10.6. The van der Waals surface area contributed by atoms with Gasteiger partial charge in [-0.1, -0.05) is 0 Å². The summed E-state index contributed by atoms with van der Waals surface area (Å²) in [6, 6.07) is 1.20. The monoisotopic (exact) mass is 250 g/mol. The van der Waals surface area contributed by atoms with E-state index < -0.39 is 17.4 Å². The molecule has 0 atom stereocenters. The molecule has 0 fully saturated rings. The highest BCUT2D eigenvalue weighted by Gasteiger charge is 2.22. The van der Waals surface area contributed by atoms with Gasteiger partial charge in [0.25, 0.3) is 0 Å². The van der Waals surface area contributed by atoms with E-state index in [1.54, 1.807) is 7.11 Å². The highest BCUT2D eigenvalue weighted by molar-refractivity contribution is 6.77. The van der Waals surface area contributed by atoms with Gasteiger partial charge in [-0.05, 0) is 38.7 Å². The summed E-state index contributed by atoms with van der Waals surface area (Å²) in [6.45, 7) is 11.3. The first-order valence-electron chi connectivity index (χ1n) is 5.72. The van der Waals surface area contributed by atoms with Crippen molar-refractivity contribution in [1.82, 2.24) is 0 Å². The van der Waals surface area contributed by atoms with E-state index in [0.29, 0.717) is 13.2 Å². The molecule has 0 spiro atoms. The molecule has 0 saturated heterocycles. The Balaban J connectivity index is 3.40. The maximum absolute atomic E-state index is 6.06. The highest BCUT2D eigenvalue weighted by Crippen LogP contribution is 2.14. The minimum Gasteiger partial charge on any atom is -0.458 e. The normalized spacial score (nSPS) is 12.4. The van der Waals surface area contributed by atoms with Crippen molar-refractivity contribution >= 4 is 17.4 Å². The molecule has 0 aromatic carbocycles. The maximum atomic E-state index is 6.06. The molecule has 5 heteroatoms. The molecular formula is C10H26O3Si2. The van der Waals surface area contributed by atoms with Crippen LogP contribution in [0.5, 0.6) is 0 Å². The molecule has 15 heavy (non-hydrogen) atoms. The van der Waals surface area contributed by atoms with Crippen LogP contribution in [0, 0.1) is 0 Å². The Labute approximate surface area is 97.0 Å². The van der Waals surface area contributed by atoms with Gasteiger partial charge in [-0.25, -0.2) is 0 Å². The lowest BCUT2D eigenvalue weighted by Crippen LogP contribution is -2.35. The van der Waals surface area contributed by atoms with Gasteiger partial charge >= 0.3 is 0 Å². The minimum atomic E-state index is -1.38. The molecular weight excluding hydrogens is 224 g/mol. The SMILES string of the molecule is COCCOCCC[Si](C)(C)O[SiH](C)C. The summed E-state index contributed by atoms with van der Waals surface area (Å²) in [4.78, 5) is 0. The Bertz CT molecular complexity index is 152. The lowest BCUT2D eigenvalue weighted by Gasteiger charge is -2.25. The summed E-state index contributed by atoms with van der Waals surface area (Å²) < 4.78 is 16.4. The average Bonchev–Trinajstić information content (AvgIpc) is 2.08. The van der Waals surface area contributed by atoms with Crippen LogP contribution in [0.2, 0.25) is 32.2 Å². The highest BCUT2D eigenvalue weighted by atomic mass is 28.4. The smallest absolute Gasteiger partial charge is 0.173 e. The predicted molar refractivity (Wildman–Crippen MR) is 69.6 cm³/mol. The predicted octanol–water partition coefficient (Wildman–Crippen LogP) is 2.24. The maximum Gasteiger partial charge on any atom is 0.173 e. The summed E-state index contributed by atoms with van der Waals surface area (Å²) in [5.41, 5.74) is 0. The minimum absolute atomic E-state index is 0.691. The Morgan fingerprint density at radius 2 is 1.73 bits per heavy atom. The van der Waals surface area contributed by atoms with Crippen LogP contribution in [-0.2, 0) is 13.6 Å². The van der Waals surface area contributed by atoms with Gasteiger partial charge in [0.05, 0.1) is 13.2 Å². The summed E-state index contributed by atoms with van der Waals surface area (Å²) in [5, 5.41) is 0. The van der Waals surface area contributed by atoms with Crippen LogP contribution in [0.25, 0.3) is 0 Å². The molecule has 0 aliphatic heterocycles. The number of methoxy groups -OCH3 is 1. The molecule has 0 aliphatic rings. The number of hydrogen-bond donors (Lipinski definition) is 0. The van der Waals surface area contributed by atoms with Gasteiger partial charge in [0.15, 0.2) is 17.4 Å². The molecule has 0 aromatic heterocycles. The van der Waals surface area contributed by atoms with E-state index in [2.05, 4.69) is 26.2 Å². The summed E-state index contributed by atoms with van der Waals surface area (Å²) in [5.74, 6) is 0. The molecule has 0 aromatic rings. The fourth-order valence-corrected chi connectivity index (χ4v) is 8.11. The first kappa shape index (κ1) is 15.3. The van der Waals surface area contributed by atoms with Crippen LogP contribution in [0.1, 0.15) is 6.42 Å². The molecule has 0 unspecified atom stereocenters. The van der Waals surface area contributed by atoms with Crippen LogP contribution >= 0.6 is 0 Å². The molecule has 0 N–H and O–H groups in total. The van der Waals surface area contributed by atoms with Gasteiger partial charge in [-0.2, -0.15) is 0 Å². The van der Waals surface area contributed by atoms with Crippen molar-refractivity contribution < 1.29 is 13.6 Å². The van der Waals surface area contributed by atoms with Crippen molar-refractivity contribution in [2.24, 2.45) is 0 Å². The van der Waals surface area contributed by atoms with E-state index in [9.17, 15) is 0 Å². The Morgan fingerprint density at radius 1 is 1.07 bits per heavy atom. The van der Waals surface area contributed by atoms with Crippen LogP contribution in [0.3, 0.4) is 0 Å². The molecule has 0 radical (unpaired) electrons. The summed E-state index contributed by atoms with van der Waals surface area (Å²) >= 11 is 0. The molecule has 0 heterocycles. The van der Waals surface area contributed by atoms with E-state index in [1.807, 2.05) is 0 Å². The van der Waals surface area contributed by atoms with E-state index in [0.717, 1.165) is 13.0 Å². The Morgan fingerprint density at radius 3 is 2.27 bits per heavy atom. The molecule has 92 valence electrons. The largest absolute Gasteiger partial charge is 0.458 e. The van der Waals surface area contributed by atoms with Crippen molar-refractivity contribution in [3.63, 3.8) is 0 Å². The van der Waals surface area contributed by atoms with E-state index in [-0.39, 0.29) is 0 Å². The van der Waals surface area contributed by atoms with E-state index in [1.165, 1.54) is 6.04 Å². The molecule has 0 amide bonds. The zero-order chi connectivity index (χ0) is 11.7. The molecule has 0 saturated carbocycles. The Kier molecular flexibility index (Phi) is 8.64. The lowest BCUT2D eigenvalue weighted by molar-refractivity contribution is 0.0707. The van der Waals surface area contributed by atoms with Crippen LogP contribution in [0.15, 0.2) is 0 Å². The zero-order valence-corrected chi connectivity index (χ0v) is 13.0. The van der Waals surface area contributed by atoms with Gasteiger partial charge in [-0.15, -0.1) is 0 Å². The van der Waals surface area contributed by atoms with Crippen LogP contribution < -0.4 is 0 Å². The van der Waals surface area contributed by atoms with E-state index >= 15 is 0 Å². The van der Waals surface area contributed by atoms with Gasteiger partial charge in [0, 0.05) is 13.7 Å². The molecule has 3 nitrogen and oxygen atoms in total. The fraction of sp³-hybridized carbons (Fsp3) is 1.00. The third-order valence-electron chi connectivity index (χ3n) is 2.05. The van der Waals surface area contributed by atoms with Gasteiger partial charge in [0.2, 0.25) is 0 Å². The van der Waals surface area contributed by atoms with Crippen LogP contribution in [0.4, 0.5) is 0 Å². The second-order valence-corrected chi connectivity index (χ2v) is 11.7. The van der Waals surface area contributed by atoms with Gasteiger partial charge < -0.3 is 13.6 Å². The number of ether oxygens (including phenoxy) is 2. The Hall–Kier alpha value is 0.314. The van der Waals surface area contributed by atoms with Crippen molar-refractivity contribution in [2.75, 3.05) is 26.9 Å². The van der Waals surface area contributed by atoms with Gasteiger partial charge in [-0.3, -0.25) is 0 Å². The second kappa shape index (κ2) is 8.46. The zero-order valence-electron chi connectivity index (χ0n) is 10.8. The number of hydrogen-bond acceptors (Lipinski definition) is 3.